The molecule has 2 heterocycles. The molecule has 0 radical (unpaired) electrons. The third kappa shape index (κ3) is 2.98. The molecule has 1 saturated heterocycles. The summed E-state index contributed by atoms with van der Waals surface area (Å²) in [6.45, 7) is 4.55. The number of hydrogen-bond acceptors (Lipinski definition) is 3. The van der Waals surface area contributed by atoms with E-state index < -0.39 is 0 Å². The minimum absolute atomic E-state index is 0.109. The van der Waals surface area contributed by atoms with Gasteiger partial charge >= 0.3 is 0 Å². The average Bonchev–Trinajstić information content (AvgIpc) is 2.92. The smallest absolute Gasteiger partial charge is 0.267 e. The Hall–Kier alpha value is -1.16. The molecule has 0 spiro atoms. The van der Waals surface area contributed by atoms with Crippen molar-refractivity contribution in [2.75, 3.05) is 19.6 Å². The number of fused-ring (bicyclic) bond motifs is 1. The van der Waals surface area contributed by atoms with Gasteiger partial charge in [0.15, 0.2) is 0 Å². The van der Waals surface area contributed by atoms with Crippen LogP contribution >= 0.6 is 0 Å². The first-order valence-corrected chi connectivity index (χ1v) is 9.10. The van der Waals surface area contributed by atoms with Crippen LogP contribution in [0.2, 0.25) is 0 Å². The molecule has 0 atom stereocenters. The Morgan fingerprint density at radius 2 is 1.77 bits per heavy atom. The van der Waals surface area contributed by atoms with E-state index >= 15 is 0 Å². The van der Waals surface area contributed by atoms with E-state index in [1.54, 1.807) is 4.68 Å². The van der Waals surface area contributed by atoms with Crippen LogP contribution in [0.5, 0.6) is 0 Å². The van der Waals surface area contributed by atoms with E-state index in [2.05, 4.69) is 10.00 Å². The summed E-state index contributed by atoms with van der Waals surface area (Å²) in [4.78, 5) is 14.8. The number of rotatable bonds is 4. The number of aromatic nitrogens is 2. The van der Waals surface area contributed by atoms with Crippen molar-refractivity contribution in [1.29, 1.82) is 0 Å². The maximum Gasteiger partial charge on any atom is 0.267 e. The monoisotopic (exact) mass is 301 g/mol. The van der Waals surface area contributed by atoms with E-state index in [-0.39, 0.29) is 5.56 Å². The zero-order chi connectivity index (χ0) is 14.9. The van der Waals surface area contributed by atoms with Gasteiger partial charge in [-0.2, -0.15) is 5.10 Å². The van der Waals surface area contributed by atoms with Crippen molar-refractivity contribution in [3.8, 4) is 0 Å². The first-order valence-electron chi connectivity index (χ1n) is 9.10. The molecular formula is C18H27N3O. The molecule has 1 aliphatic heterocycles. The maximum absolute atomic E-state index is 12.2. The lowest BCUT2D eigenvalue weighted by Gasteiger charge is -2.36. The second-order valence-corrected chi connectivity index (χ2v) is 7.53. The molecular weight excluding hydrogens is 274 g/mol. The lowest BCUT2D eigenvalue weighted by Crippen LogP contribution is -2.40. The van der Waals surface area contributed by atoms with E-state index in [4.69, 9.17) is 0 Å². The van der Waals surface area contributed by atoms with E-state index in [1.807, 2.05) is 6.07 Å². The fourth-order valence-electron chi connectivity index (χ4n) is 4.21. The number of hydrogen-bond donors (Lipinski definition) is 0. The molecule has 4 heteroatoms. The molecule has 120 valence electrons. The van der Waals surface area contributed by atoms with E-state index in [0.29, 0.717) is 5.92 Å². The van der Waals surface area contributed by atoms with Gasteiger partial charge in [0.1, 0.15) is 0 Å². The summed E-state index contributed by atoms with van der Waals surface area (Å²) < 4.78 is 1.75. The summed E-state index contributed by atoms with van der Waals surface area (Å²) in [6.07, 6.45) is 10.0. The zero-order valence-electron chi connectivity index (χ0n) is 13.5. The van der Waals surface area contributed by atoms with Crippen LogP contribution in [0.25, 0.3) is 0 Å². The van der Waals surface area contributed by atoms with Gasteiger partial charge in [-0.1, -0.05) is 6.42 Å². The maximum atomic E-state index is 12.2. The second-order valence-electron chi connectivity index (χ2n) is 7.53. The van der Waals surface area contributed by atoms with Gasteiger partial charge in [-0.05, 0) is 75.4 Å². The topological polar surface area (TPSA) is 38.1 Å². The molecule has 0 aromatic carbocycles. The van der Waals surface area contributed by atoms with Gasteiger partial charge in [0.05, 0.1) is 5.69 Å². The highest BCUT2D eigenvalue weighted by molar-refractivity contribution is 5.22. The predicted molar refractivity (Wildman–Crippen MR) is 87.0 cm³/mol. The normalized spacial score (nSPS) is 23.5. The van der Waals surface area contributed by atoms with Gasteiger partial charge in [-0.15, -0.1) is 0 Å². The summed E-state index contributed by atoms with van der Waals surface area (Å²) >= 11 is 0. The van der Waals surface area contributed by atoms with Crippen molar-refractivity contribution in [3.05, 3.63) is 27.7 Å². The van der Waals surface area contributed by atoms with Crippen LogP contribution in [0.4, 0.5) is 0 Å². The number of likely N-dealkylation sites (tertiary alicyclic amines) is 1. The van der Waals surface area contributed by atoms with Gasteiger partial charge in [-0.3, -0.25) is 4.79 Å². The minimum atomic E-state index is 0.109. The van der Waals surface area contributed by atoms with Crippen molar-refractivity contribution in [2.45, 2.75) is 57.9 Å². The Bertz CT molecular complexity index is 582. The number of nitrogens with zero attached hydrogens (tertiary/aromatic N) is 3. The SMILES string of the molecule is O=c1cc2c(nn1CC1CCN(CC3CCC3)CC1)CCC2. The van der Waals surface area contributed by atoms with Gasteiger partial charge in [-0.25, -0.2) is 4.68 Å². The molecule has 22 heavy (non-hydrogen) atoms. The van der Waals surface area contributed by atoms with Crippen molar-refractivity contribution in [1.82, 2.24) is 14.7 Å². The second kappa shape index (κ2) is 6.15. The fraction of sp³-hybridized carbons (Fsp3) is 0.778. The van der Waals surface area contributed by atoms with Crippen LogP contribution in [0.1, 0.15) is 49.8 Å². The molecule has 2 fully saturated rings. The van der Waals surface area contributed by atoms with Crippen molar-refractivity contribution in [3.63, 3.8) is 0 Å². The molecule has 2 aliphatic carbocycles. The molecule has 0 unspecified atom stereocenters. The Kier molecular flexibility index (Phi) is 4.03. The quantitative estimate of drug-likeness (QED) is 0.856. The molecule has 4 nitrogen and oxygen atoms in total. The van der Waals surface area contributed by atoms with E-state index in [0.717, 1.165) is 31.7 Å². The fourth-order valence-corrected chi connectivity index (χ4v) is 4.21. The number of piperidine rings is 1. The van der Waals surface area contributed by atoms with Crippen LogP contribution in [-0.4, -0.2) is 34.3 Å². The van der Waals surface area contributed by atoms with Crippen LogP contribution in [0.15, 0.2) is 10.9 Å². The molecule has 1 saturated carbocycles. The summed E-state index contributed by atoms with van der Waals surface area (Å²) in [5.74, 6) is 1.60. The highest BCUT2D eigenvalue weighted by Gasteiger charge is 2.25. The van der Waals surface area contributed by atoms with Crippen LogP contribution in [0.3, 0.4) is 0 Å². The Morgan fingerprint density at radius 1 is 1.00 bits per heavy atom. The molecule has 3 aliphatic rings. The third-order valence-electron chi connectivity index (χ3n) is 5.90. The van der Waals surface area contributed by atoms with Crippen molar-refractivity contribution < 1.29 is 0 Å². The van der Waals surface area contributed by atoms with Gasteiger partial charge in [0.2, 0.25) is 0 Å². The summed E-state index contributed by atoms with van der Waals surface area (Å²) in [7, 11) is 0. The lowest BCUT2D eigenvalue weighted by atomic mass is 9.84. The lowest BCUT2D eigenvalue weighted by molar-refractivity contribution is 0.124. The third-order valence-corrected chi connectivity index (χ3v) is 5.90. The van der Waals surface area contributed by atoms with Gasteiger partial charge in [0.25, 0.3) is 5.56 Å². The number of aryl methyl sites for hydroxylation is 2. The molecule has 4 rings (SSSR count). The Balaban J connectivity index is 1.33. The Labute approximate surface area is 132 Å². The van der Waals surface area contributed by atoms with Gasteiger partial charge < -0.3 is 4.90 Å². The first kappa shape index (κ1) is 14.4. The zero-order valence-corrected chi connectivity index (χ0v) is 13.5. The molecule has 0 N–H and O–H groups in total. The molecule has 0 amide bonds. The van der Waals surface area contributed by atoms with Crippen molar-refractivity contribution >= 4 is 0 Å². The molecule has 0 bridgehead atoms. The Morgan fingerprint density at radius 3 is 2.50 bits per heavy atom. The van der Waals surface area contributed by atoms with E-state index in [1.165, 1.54) is 63.0 Å². The first-order chi connectivity index (χ1) is 10.8. The average molecular weight is 301 g/mol. The predicted octanol–water partition coefficient (Wildman–Crippen LogP) is 2.24. The van der Waals surface area contributed by atoms with Crippen LogP contribution in [0, 0.1) is 11.8 Å². The van der Waals surface area contributed by atoms with Gasteiger partial charge in [0, 0.05) is 19.2 Å². The minimum Gasteiger partial charge on any atom is -0.303 e. The molecule has 1 aromatic heterocycles. The van der Waals surface area contributed by atoms with Crippen LogP contribution in [-0.2, 0) is 19.4 Å². The van der Waals surface area contributed by atoms with Crippen LogP contribution < -0.4 is 5.56 Å². The summed E-state index contributed by atoms with van der Waals surface area (Å²) in [5, 5.41) is 4.63. The highest BCUT2D eigenvalue weighted by atomic mass is 16.1. The summed E-state index contributed by atoms with van der Waals surface area (Å²) in [6, 6.07) is 1.83. The summed E-state index contributed by atoms with van der Waals surface area (Å²) in [5.41, 5.74) is 2.47. The van der Waals surface area contributed by atoms with Crippen molar-refractivity contribution in [2.24, 2.45) is 11.8 Å². The molecule has 1 aromatic rings. The largest absolute Gasteiger partial charge is 0.303 e. The highest BCUT2D eigenvalue weighted by Crippen LogP contribution is 2.29. The van der Waals surface area contributed by atoms with E-state index in [9.17, 15) is 4.79 Å². The standard InChI is InChI=1S/C18H27N3O/c22-18-11-16-5-2-6-17(16)19-21(18)13-15-7-9-20(10-8-15)12-14-3-1-4-14/h11,14-15H,1-10,12-13H2.